The van der Waals surface area contributed by atoms with Crippen molar-refractivity contribution in [2.24, 2.45) is 0 Å². The largest absolute Gasteiger partial charge is 0.392 e. The highest BCUT2D eigenvalue weighted by atomic mass is 16.5. The van der Waals surface area contributed by atoms with Gasteiger partial charge in [0, 0.05) is 18.8 Å². The molecule has 0 saturated carbocycles. The molecule has 2 rings (SSSR count). The van der Waals surface area contributed by atoms with Crippen molar-refractivity contribution >= 4 is 5.69 Å². The van der Waals surface area contributed by atoms with Crippen molar-refractivity contribution in [2.45, 2.75) is 26.1 Å². The Morgan fingerprint density at radius 3 is 2.56 bits per heavy atom. The fourth-order valence-corrected chi connectivity index (χ4v) is 2.05. The molecule has 0 amide bonds. The third kappa shape index (κ3) is 2.54. The molecule has 0 aliphatic carbocycles. The van der Waals surface area contributed by atoms with E-state index >= 15 is 0 Å². The van der Waals surface area contributed by atoms with Crippen molar-refractivity contribution in [1.82, 2.24) is 0 Å². The Morgan fingerprint density at radius 2 is 2.00 bits per heavy atom. The van der Waals surface area contributed by atoms with E-state index in [0.717, 1.165) is 25.3 Å². The first-order chi connectivity index (χ1) is 7.61. The van der Waals surface area contributed by atoms with E-state index in [1.54, 1.807) is 0 Å². The molecule has 1 fully saturated rings. The lowest BCUT2D eigenvalue weighted by Crippen LogP contribution is -2.48. The summed E-state index contributed by atoms with van der Waals surface area (Å²) in [4.78, 5) is 2.32. The minimum Gasteiger partial charge on any atom is -0.392 e. The van der Waals surface area contributed by atoms with Gasteiger partial charge in [0.15, 0.2) is 0 Å². The van der Waals surface area contributed by atoms with Crippen LogP contribution in [0.25, 0.3) is 0 Å². The second-order valence-corrected chi connectivity index (χ2v) is 4.85. The highest BCUT2D eigenvalue weighted by molar-refractivity contribution is 5.48. The SMILES string of the molecule is CC1(C)CN(c2ccc(CO)cc2)CCO1. The lowest BCUT2D eigenvalue weighted by Gasteiger charge is -2.39. The van der Waals surface area contributed by atoms with E-state index in [2.05, 4.69) is 30.9 Å². The lowest BCUT2D eigenvalue weighted by molar-refractivity contribution is -0.0276. The van der Waals surface area contributed by atoms with Gasteiger partial charge in [0.25, 0.3) is 0 Å². The van der Waals surface area contributed by atoms with E-state index in [0.29, 0.717) is 0 Å². The first-order valence-corrected chi connectivity index (χ1v) is 5.69. The van der Waals surface area contributed by atoms with Gasteiger partial charge >= 0.3 is 0 Å². The minimum absolute atomic E-state index is 0.0755. The van der Waals surface area contributed by atoms with Crippen LogP contribution in [0.3, 0.4) is 0 Å². The molecule has 16 heavy (non-hydrogen) atoms. The second kappa shape index (κ2) is 4.44. The van der Waals surface area contributed by atoms with Crippen LogP contribution in [-0.4, -0.2) is 30.4 Å². The fraction of sp³-hybridized carbons (Fsp3) is 0.538. The summed E-state index contributed by atoms with van der Waals surface area (Å²) in [5.41, 5.74) is 2.08. The minimum atomic E-state index is -0.0755. The van der Waals surface area contributed by atoms with E-state index in [4.69, 9.17) is 9.84 Å². The summed E-state index contributed by atoms with van der Waals surface area (Å²) in [6, 6.07) is 8.06. The molecule has 1 heterocycles. The van der Waals surface area contributed by atoms with Gasteiger partial charge in [-0.25, -0.2) is 0 Å². The summed E-state index contributed by atoms with van der Waals surface area (Å²) < 4.78 is 5.68. The summed E-state index contributed by atoms with van der Waals surface area (Å²) in [7, 11) is 0. The third-order valence-corrected chi connectivity index (χ3v) is 2.91. The Morgan fingerprint density at radius 1 is 1.31 bits per heavy atom. The van der Waals surface area contributed by atoms with Crippen LogP contribution in [0.4, 0.5) is 5.69 Å². The zero-order chi connectivity index (χ0) is 11.6. The van der Waals surface area contributed by atoms with E-state index in [9.17, 15) is 0 Å². The van der Waals surface area contributed by atoms with E-state index < -0.39 is 0 Å². The van der Waals surface area contributed by atoms with E-state index in [1.807, 2.05) is 12.1 Å². The smallest absolute Gasteiger partial charge is 0.0801 e. The summed E-state index contributed by atoms with van der Waals surface area (Å²) in [5, 5.41) is 8.99. The van der Waals surface area contributed by atoms with Crippen LogP contribution < -0.4 is 4.90 Å². The van der Waals surface area contributed by atoms with Crippen molar-refractivity contribution in [1.29, 1.82) is 0 Å². The topological polar surface area (TPSA) is 32.7 Å². The Balaban J connectivity index is 2.11. The quantitative estimate of drug-likeness (QED) is 0.826. The van der Waals surface area contributed by atoms with Gasteiger partial charge in [0.2, 0.25) is 0 Å². The van der Waals surface area contributed by atoms with Crippen LogP contribution in [0, 0.1) is 0 Å². The zero-order valence-electron chi connectivity index (χ0n) is 9.94. The molecule has 0 radical (unpaired) electrons. The average Bonchev–Trinajstić information content (AvgIpc) is 2.28. The average molecular weight is 221 g/mol. The molecule has 1 aromatic carbocycles. The maximum absolute atomic E-state index is 8.99. The molecule has 1 aliphatic rings. The molecule has 0 spiro atoms. The Hall–Kier alpha value is -1.06. The van der Waals surface area contributed by atoms with E-state index in [1.165, 1.54) is 5.69 Å². The van der Waals surface area contributed by atoms with Crippen molar-refractivity contribution < 1.29 is 9.84 Å². The first kappa shape index (κ1) is 11.4. The normalized spacial score (nSPS) is 19.8. The molecule has 3 heteroatoms. The van der Waals surface area contributed by atoms with Crippen LogP contribution >= 0.6 is 0 Å². The fourth-order valence-electron chi connectivity index (χ4n) is 2.05. The van der Waals surface area contributed by atoms with Gasteiger partial charge in [0.05, 0.1) is 18.8 Å². The van der Waals surface area contributed by atoms with Crippen molar-refractivity contribution in [3.05, 3.63) is 29.8 Å². The zero-order valence-corrected chi connectivity index (χ0v) is 9.94. The number of anilines is 1. The number of aliphatic hydroxyl groups excluding tert-OH is 1. The molecule has 3 nitrogen and oxygen atoms in total. The molecule has 1 N–H and O–H groups in total. The molecular weight excluding hydrogens is 202 g/mol. The number of ether oxygens (including phenoxy) is 1. The van der Waals surface area contributed by atoms with Gasteiger partial charge in [-0.05, 0) is 31.5 Å². The van der Waals surface area contributed by atoms with Gasteiger partial charge in [-0.2, -0.15) is 0 Å². The van der Waals surface area contributed by atoms with Gasteiger partial charge < -0.3 is 14.7 Å². The first-order valence-electron chi connectivity index (χ1n) is 5.69. The molecule has 1 aliphatic heterocycles. The van der Waals surface area contributed by atoms with Crippen LogP contribution in [0.15, 0.2) is 24.3 Å². The Labute approximate surface area is 96.6 Å². The predicted octanol–water partition coefficient (Wildman–Crippen LogP) is 1.79. The maximum atomic E-state index is 8.99. The number of morpholine rings is 1. The molecule has 88 valence electrons. The number of nitrogens with zero attached hydrogens (tertiary/aromatic N) is 1. The predicted molar refractivity (Wildman–Crippen MR) is 64.6 cm³/mol. The standard InChI is InChI=1S/C13H19NO2/c1-13(2)10-14(7-8-16-13)12-5-3-11(9-15)4-6-12/h3-6,15H,7-10H2,1-2H3. The molecule has 0 atom stereocenters. The van der Waals surface area contributed by atoms with Crippen molar-refractivity contribution in [3.63, 3.8) is 0 Å². The number of rotatable bonds is 2. The highest BCUT2D eigenvalue weighted by Gasteiger charge is 2.27. The summed E-state index contributed by atoms with van der Waals surface area (Å²) in [5.74, 6) is 0. The highest BCUT2D eigenvalue weighted by Crippen LogP contribution is 2.23. The second-order valence-electron chi connectivity index (χ2n) is 4.85. The summed E-state index contributed by atoms with van der Waals surface area (Å²) in [6.45, 7) is 6.94. The van der Waals surface area contributed by atoms with Crippen LogP contribution in [0.2, 0.25) is 0 Å². The van der Waals surface area contributed by atoms with Crippen molar-refractivity contribution in [3.8, 4) is 0 Å². The van der Waals surface area contributed by atoms with Crippen molar-refractivity contribution in [2.75, 3.05) is 24.6 Å². The number of aliphatic hydroxyl groups is 1. The molecule has 0 aromatic heterocycles. The maximum Gasteiger partial charge on any atom is 0.0801 e. The molecular formula is C13H19NO2. The van der Waals surface area contributed by atoms with Gasteiger partial charge in [-0.3, -0.25) is 0 Å². The van der Waals surface area contributed by atoms with E-state index in [-0.39, 0.29) is 12.2 Å². The van der Waals surface area contributed by atoms with Gasteiger partial charge in [0.1, 0.15) is 0 Å². The van der Waals surface area contributed by atoms with Crippen LogP contribution in [-0.2, 0) is 11.3 Å². The number of hydrogen-bond acceptors (Lipinski definition) is 3. The Bertz CT molecular complexity index is 345. The van der Waals surface area contributed by atoms with Gasteiger partial charge in [-0.15, -0.1) is 0 Å². The monoisotopic (exact) mass is 221 g/mol. The summed E-state index contributed by atoms with van der Waals surface area (Å²) in [6.07, 6.45) is 0. The molecule has 1 aromatic rings. The number of benzene rings is 1. The van der Waals surface area contributed by atoms with Crippen LogP contribution in [0.5, 0.6) is 0 Å². The third-order valence-electron chi connectivity index (χ3n) is 2.91. The summed E-state index contributed by atoms with van der Waals surface area (Å²) >= 11 is 0. The van der Waals surface area contributed by atoms with Crippen LogP contribution in [0.1, 0.15) is 19.4 Å². The van der Waals surface area contributed by atoms with Gasteiger partial charge in [-0.1, -0.05) is 12.1 Å². The number of hydrogen-bond donors (Lipinski definition) is 1. The molecule has 1 saturated heterocycles. The molecule has 0 bridgehead atoms. The lowest BCUT2D eigenvalue weighted by atomic mass is 10.1. The Kier molecular flexibility index (Phi) is 3.17. The molecule has 0 unspecified atom stereocenters.